The van der Waals surface area contributed by atoms with E-state index in [2.05, 4.69) is 20.4 Å². The third-order valence-electron chi connectivity index (χ3n) is 2.32. The van der Waals surface area contributed by atoms with E-state index in [-0.39, 0.29) is 0 Å². The first-order valence-corrected chi connectivity index (χ1v) is 5.45. The number of fused-ring (bicyclic) bond motifs is 1. The van der Waals surface area contributed by atoms with Gasteiger partial charge in [0.05, 0.1) is 5.69 Å². The molecule has 0 saturated carbocycles. The lowest BCUT2D eigenvalue weighted by molar-refractivity contribution is 0.850. The highest BCUT2D eigenvalue weighted by molar-refractivity contribution is 5.91. The molecule has 0 aliphatic rings. The highest BCUT2D eigenvalue weighted by atomic mass is 15.3. The molecular weight excluding hydrogens is 230 g/mol. The van der Waals surface area contributed by atoms with Gasteiger partial charge >= 0.3 is 0 Å². The molecule has 2 heterocycles. The second-order valence-electron chi connectivity index (χ2n) is 4.04. The van der Waals surface area contributed by atoms with Crippen molar-refractivity contribution in [2.75, 3.05) is 5.32 Å². The average molecular weight is 245 g/mol. The first-order chi connectivity index (χ1) is 8.47. The molecule has 0 aromatic carbocycles. The number of nitrogens with one attached hydrogen (secondary N) is 2. The van der Waals surface area contributed by atoms with Gasteiger partial charge in [-0.2, -0.15) is 5.10 Å². The number of rotatable bonds is 3. The maximum absolute atomic E-state index is 7.36. The fraction of sp³-hybridized carbons (Fsp3) is 0.273. The molecule has 0 bridgehead atoms. The number of hydrogen-bond acceptors (Lipinski definition) is 6. The summed E-state index contributed by atoms with van der Waals surface area (Å²) in [6, 6.07) is 0. The van der Waals surface area contributed by atoms with Gasteiger partial charge in [0.25, 0.3) is 0 Å². The summed E-state index contributed by atoms with van der Waals surface area (Å²) in [6.07, 6.45) is 3.16. The number of allylic oxidation sites excluding steroid dienone is 1. The normalized spacial score (nSPS) is 11.8. The zero-order chi connectivity index (χ0) is 13.3. The van der Waals surface area contributed by atoms with Crippen LogP contribution in [0.1, 0.15) is 18.4 Å². The number of aromatic nitrogens is 4. The molecule has 0 atom stereocenters. The van der Waals surface area contributed by atoms with Gasteiger partial charge < -0.3 is 16.5 Å². The number of imidazole rings is 1. The maximum atomic E-state index is 7.36. The van der Waals surface area contributed by atoms with Crippen molar-refractivity contribution in [2.45, 2.75) is 20.8 Å². The minimum absolute atomic E-state index is 0.364. The molecule has 7 nitrogen and oxygen atoms in total. The molecule has 0 aliphatic heterocycles. The molecule has 0 saturated heterocycles. The standard InChI is InChI=1S/C11H15N7/c1-6(12)4-9(13)16-11-10-7(2)14-5-18(10)17-8(3)15-11/h4-5,12H,13H2,1-3H3,(H,15,16,17)/b9-4+,12-6?. The van der Waals surface area contributed by atoms with Gasteiger partial charge in [0, 0.05) is 5.71 Å². The molecule has 0 aliphatic carbocycles. The molecule has 18 heavy (non-hydrogen) atoms. The van der Waals surface area contributed by atoms with Crippen LogP contribution in [0.2, 0.25) is 0 Å². The van der Waals surface area contributed by atoms with Crippen molar-refractivity contribution >= 4 is 17.0 Å². The molecule has 2 aromatic rings. The second-order valence-corrected chi connectivity index (χ2v) is 4.04. The summed E-state index contributed by atoms with van der Waals surface area (Å²) in [4.78, 5) is 8.49. The molecule has 4 N–H and O–H groups in total. The Hall–Kier alpha value is -2.44. The number of nitrogens with two attached hydrogens (primary N) is 1. The largest absolute Gasteiger partial charge is 0.385 e. The van der Waals surface area contributed by atoms with Gasteiger partial charge in [-0.15, -0.1) is 0 Å². The van der Waals surface area contributed by atoms with E-state index in [4.69, 9.17) is 11.1 Å². The Bertz CT molecular complexity index is 638. The quantitative estimate of drug-likeness (QED) is 0.699. The summed E-state index contributed by atoms with van der Waals surface area (Å²) in [5.74, 6) is 1.57. The molecule has 94 valence electrons. The zero-order valence-corrected chi connectivity index (χ0v) is 10.5. The minimum Gasteiger partial charge on any atom is -0.385 e. The third-order valence-corrected chi connectivity index (χ3v) is 2.32. The van der Waals surface area contributed by atoms with E-state index in [1.165, 1.54) is 6.08 Å². The van der Waals surface area contributed by atoms with E-state index < -0.39 is 0 Å². The van der Waals surface area contributed by atoms with Crippen LogP contribution in [0.15, 0.2) is 18.2 Å². The van der Waals surface area contributed by atoms with Gasteiger partial charge in [-0.05, 0) is 26.8 Å². The SMILES string of the molecule is CC(=N)/C=C(\N)Nc1nc(C)nn2cnc(C)c12. The van der Waals surface area contributed by atoms with Crippen molar-refractivity contribution in [3.63, 3.8) is 0 Å². The molecule has 0 spiro atoms. The Labute approximate surface area is 104 Å². The van der Waals surface area contributed by atoms with Crippen LogP contribution in [-0.2, 0) is 0 Å². The lowest BCUT2D eigenvalue weighted by atomic mass is 10.3. The smallest absolute Gasteiger partial charge is 0.161 e. The van der Waals surface area contributed by atoms with E-state index >= 15 is 0 Å². The molecule has 7 heteroatoms. The summed E-state index contributed by atoms with van der Waals surface area (Å²) in [5, 5.41) is 14.6. The summed E-state index contributed by atoms with van der Waals surface area (Å²) in [7, 11) is 0. The molecule has 2 aromatic heterocycles. The Morgan fingerprint density at radius 3 is 2.89 bits per heavy atom. The molecule has 0 unspecified atom stereocenters. The van der Waals surface area contributed by atoms with Crippen molar-refractivity contribution in [3.8, 4) is 0 Å². The second kappa shape index (κ2) is 4.44. The van der Waals surface area contributed by atoms with Crippen LogP contribution in [0.4, 0.5) is 5.82 Å². The number of anilines is 1. The number of aryl methyl sites for hydroxylation is 2. The van der Waals surface area contributed by atoms with Gasteiger partial charge in [-0.1, -0.05) is 0 Å². The fourth-order valence-corrected chi connectivity index (χ4v) is 1.67. The molecule has 2 rings (SSSR count). The first-order valence-electron chi connectivity index (χ1n) is 5.45. The molecule has 0 amide bonds. The van der Waals surface area contributed by atoms with Crippen LogP contribution >= 0.6 is 0 Å². The zero-order valence-electron chi connectivity index (χ0n) is 10.5. The van der Waals surface area contributed by atoms with Crippen molar-refractivity contribution in [2.24, 2.45) is 5.73 Å². The molecule has 0 radical (unpaired) electrons. The minimum atomic E-state index is 0.364. The first kappa shape index (κ1) is 12.0. The summed E-state index contributed by atoms with van der Waals surface area (Å²) < 4.78 is 1.66. The predicted octanol–water partition coefficient (Wildman–Crippen LogP) is 0.993. The number of hydrogen-bond donors (Lipinski definition) is 3. The van der Waals surface area contributed by atoms with E-state index in [0.29, 0.717) is 23.2 Å². The Balaban J connectivity index is 2.50. The van der Waals surface area contributed by atoms with Gasteiger partial charge in [-0.3, -0.25) is 0 Å². The van der Waals surface area contributed by atoms with Crippen molar-refractivity contribution in [1.29, 1.82) is 5.41 Å². The van der Waals surface area contributed by atoms with Crippen molar-refractivity contribution in [1.82, 2.24) is 19.6 Å². The highest BCUT2D eigenvalue weighted by Crippen LogP contribution is 2.17. The summed E-state index contributed by atoms with van der Waals surface area (Å²) in [6.45, 7) is 5.32. The van der Waals surface area contributed by atoms with Gasteiger partial charge in [0.15, 0.2) is 5.82 Å². The lowest BCUT2D eigenvalue weighted by Gasteiger charge is -2.08. The van der Waals surface area contributed by atoms with Crippen LogP contribution in [-0.4, -0.2) is 25.3 Å². The van der Waals surface area contributed by atoms with Gasteiger partial charge in [0.2, 0.25) is 0 Å². The third kappa shape index (κ3) is 2.29. The predicted molar refractivity (Wildman–Crippen MR) is 69.5 cm³/mol. The topological polar surface area (TPSA) is 105 Å². The summed E-state index contributed by atoms with van der Waals surface area (Å²) in [5.41, 5.74) is 7.75. The van der Waals surface area contributed by atoms with E-state index in [1.54, 1.807) is 24.7 Å². The fourth-order valence-electron chi connectivity index (χ4n) is 1.67. The van der Waals surface area contributed by atoms with E-state index in [1.807, 2.05) is 6.92 Å². The van der Waals surface area contributed by atoms with E-state index in [0.717, 1.165) is 11.2 Å². The lowest BCUT2D eigenvalue weighted by Crippen LogP contribution is -2.13. The Morgan fingerprint density at radius 1 is 1.50 bits per heavy atom. The highest BCUT2D eigenvalue weighted by Gasteiger charge is 2.10. The number of nitrogens with zero attached hydrogens (tertiary/aromatic N) is 4. The van der Waals surface area contributed by atoms with Crippen molar-refractivity contribution < 1.29 is 0 Å². The van der Waals surface area contributed by atoms with Crippen LogP contribution < -0.4 is 11.1 Å². The van der Waals surface area contributed by atoms with Crippen molar-refractivity contribution in [3.05, 3.63) is 29.7 Å². The average Bonchev–Trinajstić information content (AvgIpc) is 2.58. The van der Waals surface area contributed by atoms with Gasteiger partial charge in [0.1, 0.15) is 23.5 Å². The monoisotopic (exact) mass is 245 g/mol. The Morgan fingerprint density at radius 2 is 2.22 bits per heavy atom. The molecular formula is C11H15N7. The van der Waals surface area contributed by atoms with Crippen LogP contribution in [0.5, 0.6) is 0 Å². The van der Waals surface area contributed by atoms with Gasteiger partial charge in [-0.25, -0.2) is 14.5 Å². The van der Waals surface area contributed by atoms with Crippen LogP contribution in [0.25, 0.3) is 5.52 Å². The molecule has 0 fully saturated rings. The van der Waals surface area contributed by atoms with Crippen LogP contribution in [0, 0.1) is 19.3 Å². The maximum Gasteiger partial charge on any atom is 0.161 e. The van der Waals surface area contributed by atoms with E-state index in [9.17, 15) is 0 Å². The summed E-state index contributed by atoms with van der Waals surface area (Å²) >= 11 is 0. The van der Waals surface area contributed by atoms with Crippen LogP contribution in [0.3, 0.4) is 0 Å². The Kier molecular flexibility index (Phi) is 2.97.